The molecule has 1 aliphatic carbocycles. The van der Waals surface area contributed by atoms with E-state index in [9.17, 15) is 14.3 Å². The van der Waals surface area contributed by atoms with Crippen LogP contribution in [-0.4, -0.2) is 27.7 Å². The minimum absolute atomic E-state index is 0.0928. The number of fused-ring (bicyclic) bond motifs is 1. The lowest BCUT2D eigenvalue weighted by Crippen LogP contribution is -2.47. The van der Waals surface area contributed by atoms with Gasteiger partial charge in [-0.2, -0.15) is 0 Å². The zero-order chi connectivity index (χ0) is 22.4. The first-order valence-electron chi connectivity index (χ1n) is 10.2. The fourth-order valence-electron chi connectivity index (χ4n) is 3.98. The summed E-state index contributed by atoms with van der Waals surface area (Å²) in [6.45, 7) is 0. The number of hydrogen-bond donors (Lipinski definition) is 2. The van der Waals surface area contributed by atoms with Gasteiger partial charge in [0.2, 0.25) is 0 Å². The minimum Gasteiger partial charge on any atom is -0.480 e. The summed E-state index contributed by atoms with van der Waals surface area (Å²) < 4.78 is 21.5. The van der Waals surface area contributed by atoms with Crippen molar-refractivity contribution < 1.29 is 19.0 Å². The number of nitrogens with one attached hydrogen (secondary N) is 1. The second-order valence-corrected chi connectivity index (χ2v) is 8.80. The molecule has 2 aromatic carbocycles. The summed E-state index contributed by atoms with van der Waals surface area (Å²) in [5, 5.41) is 13.9. The van der Waals surface area contributed by atoms with Gasteiger partial charge in [-0.3, -0.25) is 4.79 Å². The maximum atomic E-state index is 13.7. The summed E-state index contributed by atoms with van der Waals surface area (Å²) in [6.07, 6.45) is 5.00. The van der Waals surface area contributed by atoms with Crippen LogP contribution in [0, 0.1) is 5.82 Å². The van der Waals surface area contributed by atoms with E-state index in [0.717, 1.165) is 16.8 Å². The van der Waals surface area contributed by atoms with Gasteiger partial charge >= 0.3 is 0 Å². The highest BCUT2D eigenvalue weighted by atomic mass is 35.5. The van der Waals surface area contributed by atoms with Crippen LogP contribution in [0.1, 0.15) is 24.5 Å². The van der Waals surface area contributed by atoms with E-state index in [2.05, 4.69) is 5.32 Å². The number of carbonyl (C=O) groups excluding carboxylic acids is 1. The third-order valence-electron chi connectivity index (χ3n) is 5.76. The van der Waals surface area contributed by atoms with E-state index in [1.807, 2.05) is 29.1 Å². The molecule has 164 valence electrons. The average molecular weight is 473 g/mol. The Morgan fingerprint density at radius 2 is 1.97 bits per heavy atom. The summed E-state index contributed by atoms with van der Waals surface area (Å²) >= 11 is 11.7. The Kier molecular flexibility index (Phi) is 5.45. The van der Waals surface area contributed by atoms with Gasteiger partial charge in [0.1, 0.15) is 11.6 Å². The molecular weight excluding hydrogens is 454 g/mol. The number of halogens is 3. The van der Waals surface area contributed by atoms with Gasteiger partial charge < -0.3 is 19.7 Å². The lowest BCUT2D eigenvalue weighted by Gasteiger charge is -2.32. The zero-order valence-electron chi connectivity index (χ0n) is 16.8. The van der Waals surface area contributed by atoms with Crippen LogP contribution in [-0.2, 0) is 4.79 Å². The number of amides is 1. The molecule has 1 aliphatic heterocycles. The van der Waals surface area contributed by atoms with Gasteiger partial charge in [-0.25, -0.2) is 4.39 Å². The summed E-state index contributed by atoms with van der Waals surface area (Å²) in [7, 11) is 0. The van der Waals surface area contributed by atoms with E-state index in [4.69, 9.17) is 27.9 Å². The van der Waals surface area contributed by atoms with Crippen LogP contribution in [0.2, 0.25) is 10.0 Å². The second-order valence-electron chi connectivity index (χ2n) is 7.95. The summed E-state index contributed by atoms with van der Waals surface area (Å²) in [4.78, 5) is 12.7. The number of aromatic nitrogens is 1. The van der Waals surface area contributed by atoms with Crippen LogP contribution in [0.25, 0.3) is 16.8 Å². The summed E-state index contributed by atoms with van der Waals surface area (Å²) in [6, 6.07) is 11.5. The van der Waals surface area contributed by atoms with Crippen molar-refractivity contribution in [2.24, 2.45) is 0 Å². The number of nitrogens with zero attached hydrogens (tertiary/aromatic N) is 1. The van der Waals surface area contributed by atoms with E-state index in [0.29, 0.717) is 22.8 Å². The molecule has 2 heterocycles. The molecule has 1 unspecified atom stereocenters. The smallest absolute Gasteiger partial charge is 0.261 e. The molecule has 5 nitrogen and oxygen atoms in total. The Labute approximate surface area is 194 Å². The molecule has 1 aromatic heterocycles. The molecule has 0 saturated carbocycles. The molecule has 8 heteroatoms. The number of hydrogen-bond acceptors (Lipinski definition) is 3. The predicted octanol–water partition coefficient (Wildman–Crippen LogP) is 5.22. The van der Waals surface area contributed by atoms with Gasteiger partial charge in [-0.1, -0.05) is 29.3 Å². The molecule has 0 radical (unpaired) electrons. The Hall–Kier alpha value is -2.80. The number of carbonyl (C=O) groups is 1. The Morgan fingerprint density at radius 3 is 2.75 bits per heavy atom. The van der Waals surface area contributed by atoms with E-state index < -0.39 is 18.0 Å². The molecule has 0 bridgehead atoms. The monoisotopic (exact) mass is 472 g/mol. The molecule has 1 amide bonds. The van der Waals surface area contributed by atoms with Crippen molar-refractivity contribution in [2.45, 2.75) is 31.1 Å². The highest BCUT2D eigenvalue weighted by Gasteiger charge is 2.34. The van der Waals surface area contributed by atoms with Gasteiger partial charge in [0.05, 0.1) is 17.2 Å². The van der Waals surface area contributed by atoms with Gasteiger partial charge in [-0.15, -0.1) is 0 Å². The fraction of sp³-hybridized carbons (Fsp3) is 0.208. The molecule has 0 saturated heterocycles. The van der Waals surface area contributed by atoms with Crippen molar-refractivity contribution in [3.8, 4) is 16.9 Å². The molecule has 0 fully saturated rings. The van der Waals surface area contributed by atoms with Gasteiger partial charge in [0, 0.05) is 41.5 Å². The summed E-state index contributed by atoms with van der Waals surface area (Å²) in [5.41, 5.74) is 3.24. The first-order chi connectivity index (χ1) is 15.4. The third-order valence-corrected chi connectivity index (χ3v) is 6.30. The zero-order valence-corrected chi connectivity index (χ0v) is 18.3. The minimum atomic E-state index is -0.809. The lowest BCUT2D eigenvalue weighted by molar-refractivity contribution is -0.130. The van der Waals surface area contributed by atoms with Crippen LogP contribution in [0.5, 0.6) is 5.75 Å². The maximum Gasteiger partial charge on any atom is 0.261 e. The van der Waals surface area contributed by atoms with Gasteiger partial charge in [-0.05, 0) is 53.6 Å². The number of aliphatic hydroxyl groups is 1. The van der Waals surface area contributed by atoms with Crippen molar-refractivity contribution in [3.05, 3.63) is 82.4 Å². The molecule has 2 aliphatic rings. The first kappa shape index (κ1) is 21.1. The number of benzene rings is 2. The summed E-state index contributed by atoms with van der Waals surface area (Å²) in [5.74, 6) is -0.255. The van der Waals surface area contributed by atoms with E-state index in [1.165, 1.54) is 12.1 Å². The molecule has 2 N–H and O–H groups in total. The van der Waals surface area contributed by atoms with E-state index >= 15 is 0 Å². The van der Waals surface area contributed by atoms with Crippen LogP contribution in [0.15, 0.2) is 60.9 Å². The standard InChI is InChI=1S/C24H19Cl2FN2O3/c25-15-2-4-22-18(8-15)21(30)11-23(32-22)24(31)28-16-9-17(10-16)29-6-5-14(12-29)13-1-3-19(26)20(27)7-13/h1-9,12,16,21,23,30H,10-11H2,(H,28,31)/t16?,21-,23+/m1/s1. The largest absolute Gasteiger partial charge is 0.480 e. The van der Waals surface area contributed by atoms with Crippen molar-refractivity contribution in [3.63, 3.8) is 0 Å². The Morgan fingerprint density at radius 1 is 1.16 bits per heavy atom. The number of ether oxygens (including phenoxy) is 1. The average Bonchev–Trinajstić information content (AvgIpc) is 3.22. The van der Waals surface area contributed by atoms with Crippen LogP contribution in [0.4, 0.5) is 4.39 Å². The molecule has 3 atom stereocenters. The fourth-order valence-corrected chi connectivity index (χ4v) is 4.28. The van der Waals surface area contributed by atoms with E-state index in [-0.39, 0.29) is 23.4 Å². The first-order valence-corrected chi connectivity index (χ1v) is 10.9. The quantitative estimate of drug-likeness (QED) is 0.547. The normalized spacial score (nSPS) is 21.8. The molecule has 5 rings (SSSR count). The number of aliphatic hydroxyl groups excluding tert-OH is 1. The topological polar surface area (TPSA) is 63.5 Å². The highest BCUT2D eigenvalue weighted by molar-refractivity contribution is 6.31. The Bertz CT molecular complexity index is 1240. The number of rotatable bonds is 4. The molecule has 32 heavy (non-hydrogen) atoms. The van der Waals surface area contributed by atoms with Gasteiger partial charge in [0.25, 0.3) is 5.91 Å². The van der Waals surface area contributed by atoms with Gasteiger partial charge in [0.15, 0.2) is 6.10 Å². The van der Waals surface area contributed by atoms with Crippen molar-refractivity contribution in [2.75, 3.05) is 0 Å². The van der Waals surface area contributed by atoms with Crippen molar-refractivity contribution in [1.29, 1.82) is 0 Å². The van der Waals surface area contributed by atoms with Crippen molar-refractivity contribution in [1.82, 2.24) is 9.88 Å². The van der Waals surface area contributed by atoms with E-state index in [1.54, 1.807) is 24.3 Å². The molecule has 3 aromatic rings. The predicted molar refractivity (Wildman–Crippen MR) is 121 cm³/mol. The SMILES string of the molecule is O=C(NC1C=C(n2ccc(-c3ccc(Cl)c(F)c3)c2)C1)[C@@H]1C[C@@H](O)c2cc(Cl)ccc2O1. The van der Waals surface area contributed by atoms with Crippen LogP contribution in [0.3, 0.4) is 0 Å². The molecule has 0 spiro atoms. The Balaban J connectivity index is 1.22. The van der Waals surface area contributed by atoms with Crippen LogP contribution >= 0.6 is 23.2 Å². The maximum absolute atomic E-state index is 13.7. The second kappa shape index (κ2) is 8.28. The van der Waals surface area contributed by atoms with Crippen LogP contribution < -0.4 is 10.1 Å². The third kappa shape index (κ3) is 4.01. The molecular formula is C24H19Cl2FN2O3. The lowest BCUT2D eigenvalue weighted by atomic mass is 9.96. The highest BCUT2D eigenvalue weighted by Crippen LogP contribution is 2.37. The van der Waals surface area contributed by atoms with Crippen molar-refractivity contribution >= 4 is 34.8 Å².